The molecule has 7 nitrogen and oxygen atoms in total. The maximum atomic E-state index is 13.8. The minimum atomic E-state index is -4.45. The number of piperidine rings is 1. The van der Waals surface area contributed by atoms with Gasteiger partial charge in [0.05, 0.1) is 11.6 Å². The molecule has 6 rings (SSSR count). The zero-order valence-electron chi connectivity index (χ0n) is 24.6. The summed E-state index contributed by atoms with van der Waals surface area (Å²) in [6, 6.07) is 5.75. The molecule has 1 saturated heterocycles. The molecule has 2 aliphatic carbocycles. The van der Waals surface area contributed by atoms with Crippen LogP contribution in [0.25, 0.3) is 0 Å². The lowest BCUT2D eigenvalue weighted by molar-refractivity contribution is -0.138. The van der Waals surface area contributed by atoms with E-state index in [1.54, 1.807) is 4.90 Å². The second kappa shape index (κ2) is 10.5. The van der Waals surface area contributed by atoms with E-state index >= 15 is 0 Å². The fourth-order valence-corrected chi connectivity index (χ4v) is 8.02. The second-order valence-electron chi connectivity index (χ2n) is 12.7. The number of phenolic OH excluding ortho intramolecular Hbond substituents is 1. The van der Waals surface area contributed by atoms with Gasteiger partial charge in [-0.05, 0) is 75.4 Å². The summed E-state index contributed by atoms with van der Waals surface area (Å²) in [5, 5.41) is 11.1. The standard InChI is InChI=1S/C33H35F3N2O5/c1-18(2)17-38(28(41)12-7-20-5-8-21(9-6-20)33(34,35)36)24-11-10-23-25-15-22-26(40)16-27(42-19(3)39)30-29(22)32(23,31(24)43-30)13-14-37(25)4/h5-6,8-9,16,18,23-25,31,40H,10-11,13-15,17H2,1-4H3/t23-,24+,25+,31-,32-/m0/s1. The first kappa shape index (κ1) is 29.4. The van der Waals surface area contributed by atoms with Crippen LogP contribution in [-0.2, 0) is 27.6 Å². The average molecular weight is 597 g/mol. The molecule has 43 heavy (non-hydrogen) atoms. The van der Waals surface area contributed by atoms with Gasteiger partial charge in [-0.15, -0.1) is 0 Å². The number of aromatic hydroxyl groups is 1. The fraction of sp³-hybridized carbons (Fsp3) is 0.515. The predicted octanol–water partition coefficient (Wildman–Crippen LogP) is 4.91. The highest BCUT2D eigenvalue weighted by Gasteiger charge is 2.67. The number of halogens is 3. The summed E-state index contributed by atoms with van der Waals surface area (Å²) in [4.78, 5) is 29.9. The molecular weight excluding hydrogens is 561 g/mol. The van der Waals surface area contributed by atoms with Gasteiger partial charge in [-0.3, -0.25) is 9.59 Å². The largest absolute Gasteiger partial charge is 0.508 e. The van der Waals surface area contributed by atoms with Crippen LogP contribution >= 0.6 is 0 Å². The Balaban J connectivity index is 1.40. The molecule has 1 spiro atoms. The van der Waals surface area contributed by atoms with E-state index in [0.29, 0.717) is 30.7 Å². The van der Waals surface area contributed by atoms with Crippen LogP contribution in [0, 0.1) is 23.7 Å². The van der Waals surface area contributed by atoms with Crippen LogP contribution in [-0.4, -0.2) is 65.1 Å². The molecule has 4 aliphatic rings. The number of carbonyl (C=O) groups is 2. The first-order chi connectivity index (χ1) is 20.3. The van der Waals surface area contributed by atoms with Gasteiger partial charge in [-0.25, -0.2) is 0 Å². The number of hydrogen-bond acceptors (Lipinski definition) is 6. The number of carbonyl (C=O) groups excluding carboxylic acids is 2. The summed E-state index contributed by atoms with van der Waals surface area (Å²) in [5.74, 6) is 5.59. The lowest BCUT2D eigenvalue weighted by Gasteiger charge is -2.60. The number of rotatable bonds is 4. The Morgan fingerprint density at radius 3 is 2.60 bits per heavy atom. The molecule has 2 aromatic rings. The SMILES string of the molecule is CC(=O)Oc1cc(O)c2c3c1O[C@H]1[C@H](N(CC(C)C)C(=O)C#Cc4ccc(C(F)(F)F)cc4)CC[C@H]4[C@@H](C2)N(C)CC[C@@]341. The summed E-state index contributed by atoms with van der Waals surface area (Å²) >= 11 is 0. The van der Waals surface area contributed by atoms with Crippen molar-refractivity contribution in [3.63, 3.8) is 0 Å². The van der Waals surface area contributed by atoms with Crippen LogP contribution in [0.5, 0.6) is 17.2 Å². The number of nitrogens with zero attached hydrogens (tertiary/aromatic N) is 2. The van der Waals surface area contributed by atoms with Crippen LogP contribution in [0.3, 0.4) is 0 Å². The molecular formula is C33H35F3N2O5. The van der Waals surface area contributed by atoms with Crippen LogP contribution in [0.15, 0.2) is 30.3 Å². The highest BCUT2D eigenvalue weighted by molar-refractivity contribution is 5.94. The van der Waals surface area contributed by atoms with Crippen molar-refractivity contribution in [3.8, 4) is 29.1 Å². The van der Waals surface area contributed by atoms with Gasteiger partial charge in [0.25, 0.3) is 5.91 Å². The number of likely N-dealkylation sites (N-methyl/N-ethyl adjacent to an activating group) is 1. The van der Waals surface area contributed by atoms with Crippen LogP contribution in [0.1, 0.15) is 62.3 Å². The highest BCUT2D eigenvalue weighted by Crippen LogP contribution is 2.65. The Morgan fingerprint density at radius 1 is 1.23 bits per heavy atom. The molecule has 2 aromatic carbocycles. The first-order valence-corrected chi connectivity index (χ1v) is 14.8. The summed E-state index contributed by atoms with van der Waals surface area (Å²) in [6.07, 6.45) is -1.96. The molecule has 0 radical (unpaired) electrons. The zero-order valence-corrected chi connectivity index (χ0v) is 24.6. The first-order valence-electron chi connectivity index (χ1n) is 14.8. The molecule has 2 bridgehead atoms. The van der Waals surface area contributed by atoms with Crippen LogP contribution in [0.4, 0.5) is 13.2 Å². The molecule has 228 valence electrons. The Morgan fingerprint density at radius 2 is 1.95 bits per heavy atom. The van der Waals surface area contributed by atoms with Gasteiger partial charge in [0.15, 0.2) is 11.5 Å². The Kier molecular flexibility index (Phi) is 7.15. The smallest absolute Gasteiger partial charge is 0.416 e. The molecule has 0 aromatic heterocycles. The third-order valence-corrected chi connectivity index (χ3v) is 9.66. The summed E-state index contributed by atoms with van der Waals surface area (Å²) < 4.78 is 51.3. The number of likely N-dealkylation sites (tertiary alicyclic amines) is 1. The average Bonchev–Trinajstić information content (AvgIpc) is 3.28. The number of alkyl halides is 3. The van der Waals surface area contributed by atoms with E-state index in [-0.39, 0.29) is 35.4 Å². The molecule has 2 heterocycles. The lowest BCUT2D eigenvalue weighted by Crippen LogP contribution is -2.68. The molecule has 1 saturated carbocycles. The topological polar surface area (TPSA) is 79.3 Å². The van der Waals surface area contributed by atoms with Crippen molar-refractivity contribution in [1.82, 2.24) is 9.80 Å². The molecule has 2 aliphatic heterocycles. The predicted molar refractivity (Wildman–Crippen MR) is 152 cm³/mol. The lowest BCUT2D eigenvalue weighted by atomic mass is 9.51. The van der Waals surface area contributed by atoms with Crippen molar-refractivity contribution in [2.24, 2.45) is 11.8 Å². The van der Waals surface area contributed by atoms with Gasteiger partial charge < -0.3 is 24.4 Å². The van der Waals surface area contributed by atoms with Crippen LogP contribution < -0.4 is 9.47 Å². The fourth-order valence-electron chi connectivity index (χ4n) is 8.02. The van der Waals surface area contributed by atoms with Crippen molar-refractivity contribution in [3.05, 3.63) is 52.6 Å². The van der Waals surface area contributed by atoms with Gasteiger partial charge >= 0.3 is 12.1 Å². The number of phenols is 1. The minimum absolute atomic E-state index is 0.0806. The van der Waals surface area contributed by atoms with E-state index < -0.39 is 35.1 Å². The van der Waals surface area contributed by atoms with E-state index in [1.165, 1.54) is 25.1 Å². The number of ether oxygens (including phenoxy) is 2. The maximum Gasteiger partial charge on any atom is 0.416 e. The van der Waals surface area contributed by atoms with Crippen molar-refractivity contribution >= 4 is 11.9 Å². The summed E-state index contributed by atoms with van der Waals surface area (Å²) in [6.45, 7) is 6.56. The van der Waals surface area contributed by atoms with Gasteiger partial charge in [0, 0.05) is 53.6 Å². The highest BCUT2D eigenvalue weighted by atomic mass is 19.4. The minimum Gasteiger partial charge on any atom is -0.508 e. The number of esters is 1. The summed E-state index contributed by atoms with van der Waals surface area (Å²) in [7, 11) is 2.11. The number of hydrogen-bond donors (Lipinski definition) is 1. The van der Waals surface area contributed by atoms with Gasteiger partial charge in [-0.2, -0.15) is 13.2 Å². The molecule has 1 amide bonds. The molecule has 10 heteroatoms. The van der Waals surface area contributed by atoms with E-state index in [4.69, 9.17) is 9.47 Å². The second-order valence-corrected chi connectivity index (χ2v) is 12.7. The third-order valence-electron chi connectivity index (χ3n) is 9.66. The molecule has 0 unspecified atom stereocenters. The molecule has 1 N–H and O–H groups in total. The summed E-state index contributed by atoms with van der Waals surface area (Å²) in [5.41, 5.74) is 0.773. The Hall–Kier alpha value is -3.71. The van der Waals surface area contributed by atoms with Gasteiger partial charge in [0.2, 0.25) is 0 Å². The molecule has 5 atom stereocenters. The van der Waals surface area contributed by atoms with Crippen molar-refractivity contribution in [2.75, 3.05) is 20.1 Å². The van der Waals surface area contributed by atoms with Crippen molar-refractivity contribution in [2.45, 2.75) is 76.2 Å². The van der Waals surface area contributed by atoms with Crippen molar-refractivity contribution in [1.29, 1.82) is 0 Å². The third kappa shape index (κ3) is 4.82. The Labute approximate surface area is 248 Å². The zero-order chi connectivity index (χ0) is 30.8. The van der Waals surface area contributed by atoms with E-state index in [0.717, 1.165) is 42.6 Å². The normalized spacial score (nSPS) is 27.1. The van der Waals surface area contributed by atoms with E-state index in [9.17, 15) is 27.9 Å². The van der Waals surface area contributed by atoms with E-state index in [2.05, 4.69) is 23.8 Å². The quantitative estimate of drug-likeness (QED) is 0.307. The van der Waals surface area contributed by atoms with Crippen LogP contribution in [0.2, 0.25) is 0 Å². The number of benzene rings is 2. The van der Waals surface area contributed by atoms with E-state index in [1.807, 2.05) is 13.8 Å². The van der Waals surface area contributed by atoms with Crippen molar-refractivity contribution < 1.29 is 37.3 Å². The van der Waals surface area contributed by atoms with Gasteiger partial charge in [0.1, 0.15) is 11.9 Å². The number of amides is 1. The monoisotopic (exact) mass is 596 g/mol. The van der Waals surface area contributed by atoms with Gasteiger partial charge in [-0.1, -0.05) is 19.8 Å². The maximum absolute atomic E-state index is 13.8. The molecule has 2 fully saturated rings. The Bertz CT molecular complexity index is 1530.